The number of benzene rings is 22. The molecule has 22 aromatic rings. The monoisotopic (exact) mass is 1850 g/mol. The van der Waals surface area contributed by atoms with Crippen molar-refractivity contribution in [3.63, 3.8) is 0 Å². The zero-order chi connectivity index (χ0) is 99.1. The van der Waals surface area contributed by atoms with Crippen LogP contribution in [0.15, 0.2) is 510 Å². The van der Waals surface area contributed by atoms with Crippen LogP contribution in [0, 0.1) is 83.1 Å². The van der Waals surface area contributed by atoms with Gasteiger partial charge >= 0.3 is 0 Å². The first-order valence-corrected chi connectivity index (χ1v) is 50.2. The summed E-state index contributed by atoms with van der Waals surface area (Å²) in [4.78, 5) is 0. The first-order chi connectivity index (χ1) is 70.2. The van der Waals surface area contributed by atoms with E-state index in [1.165, 1.54) is 267 Å². The standard InChI is InChI=1S/C45H36.3C33H28/c1-31-12-10-18-36(20-31)42-25-40(34-14-6-4-7-15-34)27-44(29-42)38-22-33(3)23-39(24-38)45-28-41(35-16-8-5-9-17-35)26-43(30-45)37-19-11-13-32(2)21-37;1-23-8-4-10-26(18-23)28-12-6-14-30(21-28)32-17-16-25(3)20-33(32)31-15-7-13-29(22-31)27-11-5-9-24(2)19-27;1-23-18-30(26-12-8-14-28(20-26)32-16-6-4-10-24(32)2)22-31(19-23)27-13-9-15-29(21-27)33-17-7-5-11-25(33)3;1-23-10-4-6-16-31(23)28-13-8-12-26(21-28)27-18-19-33(25(3)20-27)30-15-9-14-29(22-30)32-17-7-5-11-24(32)2/h4-30H,1-3H3;3*4-22H,1-3H3. The highest BCUT2D eigenvalue weighted by Crippen LogP contribution is 2.44. The Kier molecular flexibility index (Phi) is 29.3. The second-order valence-electron chi connectivity index (χ2n) is 38.8. The lowest BCUT2D eigenvalue weighted by atomic mass is 9.89. The number of aryl methyl sites for hydroxylation is 12. The molecule has 0 spiro atoms. The molecule has 22 aromatic carbocycles. The number of hydrogen-bond acceptors (Lipinski definition) is 0. The van der Waals surface area contributed by atoms with Crippen LogP contribution in [-0.2, 0) is 0 Å². The van der Waals surface area contributed by atoms with Crippen molar-refractivity contribution < 1.29 is 0 Å². The molecular formula is C144H120. The molecule has 0 bridgehead atoms. The van der Waals surface area contributed by atoms with E-state index in [0.717, 1.165) is 0 Å². The summed E-state index contributed by atoms with van der Waals surface area (Å²) in [5.74, 6) is 0. The molecule has 0 aromatic heterocycles. The van der Waals surface area contributed by atoms with Crippen molar-refractivity contribution in [3.05, 3.63) is 576 Å². The minimum atomic E-state index is 1.22. The summed E-state index contributed by atoms with van der Waals surface area (Å²) in [5, 5.41) is 0. The first kappa shape index (κ1) is 95.7. The van der Waals surface area contributed by atoms with Gasteiger partial charge in [-0.1, -0.05) is 452 Å². The maximum absolute atomic E-state index is 2.36. The van der Waals surface area contributed by atoms with Crippen LogP contribution in [0.4, 0.5) is 0 Å². The van der Waals surface area contributed by atoms with Crippen molar-refractivity contribution in [2.75, 3.05) is 0 Å². The fourth-order valence-corrected chi connectivity index (χ4v) is 20.1. The van der Waals surface area contributed by atoms with Crippen LogP contribution in [0.2, 0.25) is 0 Å². The van der Waals surface area contributed by atoms with Gasteiger partial charge in [-0.3, -0.25) is 0 Å². The molecule has 0 fully saturated rings. The third kappa shape index (κ3) is 22.9. The van der Waals surface area contributed by atoms with Gasteiger partial charge in [-0.2, -0.15) is 0 Å². The van der Waals surface area contributed by atoms with Gasteiger partial charge in [0.15, 0.2) is 0 Å². The third-order valence-electron chi connectivity index (χ3n) is 27.6. The molecular weight excluding hydrogens is 1730 g/mol. The lowest BCUT2D eigenvalue weighted by Gasteiger charge is -2.15. The Labute approximate surface area is 853 Å². The third-order valence-corrected chi connectivity index (χ3v) is 27.6. The molecule has 144 heavy (non-hydrogen) atoms. The lowest BCUT2D eigenvalue weighted by molar-refractivity contribution is 1.43. The molecule has 0 nitrogen and oxygen atoms in total. The van der Waals surface area contributed by atoms with Crippen molar-refractivity contribution in [2.24, 2.45) is 0 Å². The smallest absolute Gasteiger partial charge is 0.0103 e. The lowest BCUT2D eigenvalue weighted by Crippen LogP contribution is -1.90. The second-order valence-corrected chi connectivity index (χ2v) is 38.8. The average molecular weight is 1850 g/mol. The molecule has 0 heterocycles. The number of hydrogen-bond donors (Lipinski definition) is 0. The van der Waals surface area contributed by atoms with Gasteiger partial charge in [0, 0.05) is 0 Å². The quantitative estimate of drug-likeness (QED) is 0.0803. The molecule has 0 aliphatic rings. The molecule has 0 atom stereocenters. The van der Waals surface area contributed by atoms with Gasteiger partial charge in [-0.05, 0) is 407 Å². The second kappa shape index (κ2) is 44.1. The Balaban J connectivity index is 0.000000123. The van der Waals surface area contributed by atoms with Crippen molar-refractivity contribution >= 4 is 0 Å². The van der Waals surface area contributed by atoms with Crippen LogP contribution in [-0.4, -0.2) is 0 Å². The van der Waals surface area contributed by atoms with E-state index in [9.17, 15) is 0 Å². The Bertz CT molecular complexity index is 8120. The van der Waals surface area contributed by atoms with Gasteiger partial charge in [0.1, 0.15) is 0 Å². The number of rotatable bonds is 18. The summed E-state index contributed by atoms with van der Waals surface area (Å²) in [6, 6.07) is 186. The van der Waals surface area contributed by atoms with Gasteiger partial charge in [0.05, 0.1) is 0 Å². The zero-order valence-corrected chi connectivity index (χ0v) is 84.5. The molecule has 0 aliphatic heterocycles. The van der Waals surface area contributed by atoms with Crippen molar-refractivity contribution in [1.29, 1.82) is 0 Å². The van der Waals surface area contributed by atoms with E-state index < -0.39 is 0 Å². The molecule has 0 aliphatic carbocycles. The highest BCUT2D eigenvalue weighted by Gasteiger charge is 2.19. The van der Waals surface area contributed by atoms with Gasteiger partial charge < -0.3 is 0 Å². The summed E-state index contributed by atoms with van der Waals surface area (Å²) in [7, 11) is 0. The molecule has 0 radical (unpaired) electrons. The maximum atomic E-state index is 2.36. The van der Waals surface area contributed by atoms with Crippen molar-refractivity contribution in [1.82, 2.24) is 0 Å². The van der Waals surface area contributed by atoms with E-state index in [1.807, 2.05) is 0 Å². The Hall–Kier alpha value is -17.2. The molecule has 0 unspecified atom stereocenters. The molecule has 0 N–H and O–H groups in total. The van der Waals surface area contributed by atoms with E-state index in [1.54, 1.807) is 0 Å². The minimum absolute atomic E-state index is 1.22. The van der Waals surface area contributed by atoms with Crippen LogP contribution >= 0.6 is 0 Å². The van der Waals surface area contributed by atoms with Crippen LogP contribution in [0.1, 0.15) is 66.8 Å². The van der Waals surface area contributed by atoms with Crippen LogP contribution in [0.25, 0.3) is 200 Å². The largest absolute Gasteiger partial charge is 0.0622 e. The minimum Gasteiger partial charge on any atom is -0.0622 e. The fraction of sp³-hybridized carbons (Fsp3) is 0.0833. The first-order valence-electron chi connectivity index (χ1n) is 50.2. The Morgan fingerprint density at radius 2 is 0.250 bits per heavy atom. The average Bonchev–Trinajstić information content (AvgIpc) is 0.789. The van der Waals surface area contributed by atoms with E-state index in [-0.39, 0.29) is 0 Å². The normalized spacial score (nSPS) is 10.9. The SMILES string of the molecule is Cc1cc(-c2cccc(-c3ccccc3C)c2)cc(-c2cccc(-c3ccccc3C)c2)c1.Cc1cccc(-c2cc(-c3ccccc3)cc(-c3cc(C)cc(-c4cc(-c5ccccc5)cc(-c5cccc(C)c5)c4)c3)c2)c1.Cc1cccc(-c2cccc(-c3ccc(C)cc3-c3cccc(-c4cccc(C)c4)c3)c2)c1.Cc1ccccc1-c1cccc(-c2ccc(-c3cccc(-c4ccccc4C)c3)c(C)c2)c1. The van der Waals surface area contributed by atoms with Gasteiger partial charge in [-0.15, -0.1) is 0 Å². The highest BCUT2D eigenvalue weighted by molar-refractivity contribution is 5.91. The predicted octanol–water partition coefficient (Wildman–Crippen LogP) is 40.5. The summed E-state index contributed by atoms with van der Waals surface area (Å²) in [5.41, 5.74) is 60.3. The van der Waals surface area contributed by atoms with Crippen LogP contribution < -0.4 is 0 Å². The van der Waals surface area contributed by atoms with E-state index >= 15 is 0 Å². The predicted molar refractivity (Wildman–Crippen MR) is 620 cm³/mol. The molecule has 0 amide bonds. The summed E-state index contributed by atoms with van der Waals surface area (Å²) < 4.78 is 0. The molecule has 22 rings (SSSR count). The van der Waals surface area contributed by atoms with Crippen molar-refractivity contribution in [3.8, 4) is 200 Å². The van der Waals surface area contributed by atoms with Crippen molar-refractivity contribution in [2.45, 2.75) is 83.1 Å². The highest BCUT2D eigenvalue weighted by atomic mass is 14.2. The Morgan fingerprint density at radius 3 is 0.549 bits per heavy atom. The van der Waals surface area contributed by atoms with Gasteiger partial charge in [0.2, 0.25) is 0 Å². The molecule has 0 saturated heterocycles. The van der Waals surface area contributed by atoms with Crippen LogP contribution in [0.5, 0.6) is 0 Å². The summed E-state index contributed by atoms with van der Waals surface area (Å²) in [6.07, 6.45) is 0. The molecule has 0 saturated carbocycles. The van der Waals surface area contributed by atoms with Crippen LogP contribution in [0.3, 0.4) is 0 Å². The molecule has 696 valence electrons. The zero-order valence-electron chi connectivity index (χ0n) is 84.5. The molecule has 0 heteroatoms. The van der Waals surface area contributed by atoms with Gasteiger partial charge in [0.25, 0.3) is 0 Å². The maximum Gasteiger partial charge on any atom is -0.0103 e. The topological polar surface area (TPSA) is 0 Å². The summed E-state index contributed by atoms with van der Waals surface area (Å²) in [6.45, 7) is 26.1. The van der Waals surface area contributed by atoms with E-state index in [0.29, 0.717) is 0 Å². The van der Waals surface area contributed by atoms with E-state index in [2.05, 4.69) is 593 Å². The fourth-order valence-electron chi connectivity index (χ4n) is 20.1. The Morgan fingerprint density at radius 1 is 0.0764 bits per heavy atom. The van der Waals surface area contributed by atoms with E-state index in [4.69, 9.17) is 0 Å². The summed E-state index contributed by atoms with van der Waals surface area (Å²) >= 11 is 0. The van der Waals surface area contributed by atoms with Gasteiger partial charge in [-0.25, -0.2) is 0 Å².